The Morgan fingerprint density at radius 3 is 2.78 bits per heavy atom. The van der Waals surface area contributed by atoms with Crippen LogP contribution in [0.3, 0.4) is 0 Å². The standard InChI is InChI=1S/C11H17N3O4/c1-2-3-6-17-11(16)8-18-10(15)7-14-5-4-9(12)13-14/h4-5H,2-3,6-8H2,1H3,(H2,12,13). The second-order valence-electron chi connectivity index (χ2n) is 3.67. The SMILES string of the molecule is CCCCOC(=O)COC(=O)Cn1ccc(N)n1. The van der Waals surface area contributed by atoms with E-state index < -0.39 is 11.9 Å². The molecule has 18 heavy (non-hydrogen) atoms. The van der Waals surface area contributed by atoms with Gasteiger partial charge in [-0.15, -0.1) is 0 Å². The van der Waals surface area contributed by atoms with Gasteiger partial charge in [0, 0.05) is 6.20 Å². The first-order valence-corrected chi connectivity index (χ1v) is 5.72. The minimum atomic E-state index is -0.564. The van der Waals surface area contributed by atoms with Gasteiger partial charge in [-0.25, -0.2) is 4.79 Å². The summed E-state index contributed by atoms with van der Waals surface area (Å²) in [6.45, 7) is 1.88. The Kier molecular flexibility index (Phi) is 5.69. The Morgan fingerprint density at radius 2 is 2.17 bits per heavy atom. The van der Waals surface area contributed by atoms with Crippen molar-refractivity contribution < 1.29 is 19.1 Å². The predicted octanol–water partition coefficient (Wildman–Crippen LogP) is 0.352. The molecular formula is C11H17N3O4. The van der Waals surface area contributed by atoms with Gasteiger partial charge < -0.3 is 15.2 Å². The average molecular weight is 255 g/mol. The van der Waals surface area contributed by atoms with E-state index in [1.807, 2.05) is 6.92 Å². The highest BCUT2D eigenvalue weighted by molar-refractivity contribution is 5.76. The van der Waals surface area contributed by atoms with Crippen LogP contribution in [0.5, 0.6) is 0 Å². The quantitative estimate of drug-likeness (QED) is 0.558. The first kappa shape index (κ1) is 14.0. The fourth-order valence-electron chi connectivity index (χ4n) is 1.15. The number of esters is 2. The Hall–Kier alpha value is -2.05. The molecule has 2 N–H and O–H groups in total. The Balaban J connectivity index is 2.18. The summed E-state index contributed by atoms with van der Waals surface area (Å²) in [5.74, 6) is -0.788. The van der Waals surface area contributed by atoms with Crippen LogP contribution in [0.15, 0.2) is 12.3 Å². The van der Waals surface area contributed by atoms with Crippen LogP contribution in [0.1, 0.15) is 19.8 Å². The smallest absolute Gasteiger partial charge is 0.344 e. The highest BCUT2D eigenvalue weighted by Crippen LogP contribution is 1.96. The van der Waals surface area contributed by atoms with Crippen LogP contribution in [0, 0.1) is 0 Å². The van der Waals surface area contributed by atoms with Crippen LogP contribution >= 0.6 is 0 Å². The van der Waals surface area contributed by atoms with Crippen LogP contribution in [-0.4, -0.2) is 34.9 Å². The van der Waals surface area contributed by atoms with E-state index >= 15 is 0 Å². The highest BCUT2D eigenvalue weighted by atomic mass is 16.6. The number of nitrogen functional groups attached to an aromatic ring is 1. The van der Waals surface area contributed by atoms with Crippen molar-refractivity contribution >= 4 is 17.8 Å². The first-order chi connectivity index (χ1) is 8.61. The lowest BCUT2D eigenvalue weighted by atomic mass is 10.4. The fraction of sp³-hybridized carbons (Fsp3) is 0.545. The monoisotopic (exact) mass is 255 g/mol. The molecular weight excluding hydrogens is 238 g/mol. The largest absolute Gasteiger partial charge is 0.463 e. The van der Waals surface area contributed by atoms with Crippen molar-refractivity contribution in [2.45, 2.75) is 26.3 Å². The van der Waals surface area contributed by atoms with E-state index in [2.05, 4.69) is 5.10 Å². The lowest BCUT2D eigenvalue weighted by molar-refractivity contribution is -0.159. The molecule has 0 bridgehead atoms. The summed E-state index contributed by atoms with van der Waals surface area (Å²) in [6, 6.07) is 1.56. The second kappa shape index (κ2) is 7.31. The van der Waals surface area contributed by atoms with Crippen molar-refractivity contribution in [2.24, 2.45) is 0 Å². The third kappa shape index (κ3) is 5.33. The number of aromatic nitrogens is 2. The zero-order valence-corrected chi connectivity index (χ0v) is 10.3. The van der Waals surface area contributed by atoms with E-state index in [1.54, 1.807) is 12.3 Å². The Labute approximate surface area is 105 Å². The van der Waals surface area contributed by atoms with Crippen molar-refractivity contribution in [3.05, 3.63) is 12.3 Å². The van der Waals surface area contributed by atoms with E-state index in [1.165, 1.54) is 4.68 Å². The third-order valence-corrected chi connectivity index (χ3v) is 2.06. The maximum Gasteiger partial charge on any atom is 0.344 e. The van der Waals surface area contributed by atoms with Gasteiger partial charge in [0.15, 0.2) is 6.61 Å². The molecule has 7 nitrogen and oxygen atoms in total. The molecule has 0 saturated heterocycles. The van der Waals surface area contributed by atoms with E-state index in [9.17, 15) is 9.59 Å². The fourth-order valence-corrected chi connectivity index (χ4v) is 1.15. The summed E-state index contributed by atoms with van der Waals surface area (Å²) in [5.41, 5.74) is 5.39. The molecule has 7 heteroatoms. The Morgan fingerprint density at radius 1 is 1.39 bits per heavy atom. The number of nitrogens with two attached hydrogens (primary N) is 1. The summed E-state index contributed by atoms with van der Waals surface area (Å²) >= 11 is 0. The molecule has 0 atom stereocenters. The lowest BCUT2D eigenvalue weighted by Crippen LogP contribution is -2.20. The molecule has 0 saturated carbocycles. The van der Waals surface area contributed by atoms with Gasteiger partial charge >= 0.3 is 11.9 Å². The van der Waals surface area contributed by atoms with Gasteiger partial charge in [0.25, 0.3) is 0 Å². The van der Waals surface area contributed by atoms with Gasteiger partial charge in [-0.3, -0.25) is 9.48 Å². The number of carbonyl (C=O) groups is 2. The molecule has 0 aromatic carbocycles. The van der Waals surface area contributed by atoms with Gasteiger partial charge in [-0.05, 0) is 12.5 Å². The number of carbonyl (C=O) groups excluding carboxylic acids is 2. The Bertz CT molecular complexity index is 403. The van der Waals surface area contributed by atoms with Crippen molar-refractivity contribution in [1.29, 1.82) is 0 Å². The van der Waals surface area contributed by atoms with E-state index in [-0.39, 0.29) is 13.2 Å². The van der Waals surface area contributed by atoms with Crippen molar-refractivity contribution in [1.82, 2.24) is 9.78 Å². The molecule has 1 aromatic heterocycles. The predicted molar refractivity (Wildman–Crippen MR) is 63.5 cm³/mol. The van der Waals surface area contributed by atoms with Gasteiger partial charge in [0.05, 0.1) is 6.61 Å². The van der Waals surface area contributed by atoms with Crippen molar-refractivity contribution in [3.8, 4) is 0 Å². The third-order valence-electron chi connectivity index (χ3n) is 2.06. The lowest BCUT2D eigenvalue weighted by Gasteiger charge is -2.05. The van der Waals surface area contributed by atoms with Crippen molar-refractivity contribution in [3.63, 3.8) is 0 Å². The van der Waals surface area contributed by atoms with Crippen LogP contribution in [0.4, 0.5) is 5.82 Å². The molecule has 1 heterocycles. The summed E-state index contributed by atoms with van der Waals surface area (Å²) in [4.78, 5) is 22.5. The van der Waals surface area contributed by atoms with Gasteiger partial charge in [-0.2, -0.15) is 5.10 Å². The van der Waals surface area contributed by atoms with E-state index in [0.717, 1.165) is 12.8 Å². The van der Waals surface area contributed by atoms with E-state index in [4.69, 9.17) is 15.2 Å². The minimum Gasteiger partial charge on any atom is -0.463 e. The van der Waals surface area contributed by atoms with Crippen LogP contribution < -0.4 is 5.73 Å². The molecule has 0 aliphatic rings. The summed E-state index contributed by atoms with van der Waals surface area (Å²) in [5, 5.41) is 3.82. The summed E-state index contributed by atoms with van der Waals surface area (Å²) in [7, 11) is 0. The van der Waals surface area contributed by atoms with Crippen molar-refractivity contribution in [2.75, 3.05) is 18.9 Å². The molecule has 1 rings (SSSR count). The molecule has 0 aliphatic carbocycles. The number of hydrogen-bond acceptors (Lipinski definition) is 6. The molecule has 0 radical (unpaired) electrons. The molecule has 0 amide bonds. The average Bonchev–Trinajstić information content (AvgIpc) is 2.72. The summed E-state index contributed by atoms with van der Waals surface area (Å²) < 4.78 is 10.9. The molecule has 0 aliphatic heterocycles. The molecule has 0 unspecified atom stereocenters. The molecule has 0 spiro atoms. The van der Waals surface area contributed by atoms with Crippen LogP contribution in [0.25, 0.3) is 0 Å². The maximum atomic E-state index is 11.3. The van der Waals surface area contributed by atoms with Gasteiger partial charge in [0.1, 0.15) is 12.4 Å². The zero-order chi connectivity index (χ0) is 13.4. The number of ether oxygens (including phenoxy) is 2. The second-order valence-corrected chi connectivity index (χ2v) is 3.67. The normalized spacial score (nSPS) is 10.1. The maximum absolute atomic E-state index is 11.3. The molecule has 100 valence electrons. The number of anilines is 1. The first-order valence-electron chi connectivity index (χ1n) is 5.72. The number of nitrogens with zero attached hydrogens (tertiary/aromatic N) is 2. The molecule has 0 fully saturated rings. The van der Waals surface area contributed by atoms with Gasteiger partial charge in [0.2, 0.25) is 0 Å². The number of hydrogen-bond donors (Lipinski definition) is 1. The number of rotatable bonds is 7. The van der Waals surface area contributed by atoms with E-state index in [0.29, 0.717) is 12.4 Å². The van der Waals surface area contributed by atoms with Gasteiger partial charge in [-0.1, -0.05) is 13.3 Å². The zero-order valence-electron chi connectivity index (χ0n) is 10.3. The summed E-state index contributed by atoms with van der Waals surface area (Å²) in [6.07, 6.45) is 3.29. The topological polar surface area (TPSA) is 96.4 Å². The highest BCUT2D eigenvalue weighted by Gasteiger charge is 2.09. The minimum absolute atomic E-state index is 0.0839. The molecule has 1 aromatic rings. The number of unbranched alkanes of at least 4 members (excludes halogenated alkanes) is 1. The van der Waals surface area contributed by atoms with Crippen LogP contribution in [0.2, 0.25) is 0 Å². The van der Waals surface area contributed by atoms with Crippen LogP contribution in [-0.2, 0) is 25.6 Å².